The Hall–Kier alpha value is -3.00. The van der Waals surface area contributed by atoms with E-state index in [2.05, 4.69) is 17.0 Å². The van der Waals surface area contributed by atoms with Gasteiger partial charge in [-0.05, 0) is 111 Å². The minimum Gasteiger partial charge on any atom is -0.448 e. The zero-order valence-electron chi connectivity index (χ0n) is 25.5. The van der Waals surface area contributed by atoms with Gasteiger partial charge in [0.2, 0.25) is 0 Å². The molecule has 1 saturated carbocycles. The van der Waals surface area contributed by atoms with Crippen LogP contribution in [-0.4, -0.2) is 43.0 Å². The number of rotatable bonds is 8. The molecular formula is C37H44F2N2O3. The van der Waals surface area contributed by atoms with E-state index >= 15 is 0 Å². The minimum absolute atomic E-state index is 0.110. The summed E-state index contributed by atoms with van der Waals surface area (Å²) >= 11 is 0. The number of nitrogens with zero attached hydrogens (tertiary/aromatic N) is 1. The summed E-state index contributed by atoms with van der Waals surface area (Å²) in [5.41, 5.74) is 10.8. The van der Waals surface area contributed by atoms with Crippen LogP contribution in [0.15, 0.2) is 60.7 Å². The molecule has 234 valence electrons. The standard InChI is InChI=1S/C37H44F2N2O3/c38-28-10-6-25(7-11-28)30(26-8-12-29(39)13-9-26)5-4-20-41-21-16-27(17-22-41)34-23-32-31(35(24-40)42-34)14-15-33-36(32)44-37(43-33)18-2-1-3-19-37/h6-15,27,30,34-35H,1-5,16-24,40H2/t34-,35-/m0/s1. The number of nitrogens with two attached hydrogens (primary N) is 1. The van der Waals surface area contributed by atoms with E-state index in [0.29, 0.717) is 12.5 Å². The lowest BCUT2D eigenvalue weighted by atomic mass is 9.83. The van der Waals surface area contributed by atoms with Gasteiger partial charge in [0.15, 0.2) is 11.5 Å². The third-order valence-electron chi connectivity index (χ3n) is 10.4. The fourth-order valence-electron chi connectivity index (χ4n) is 8.01. The van der Waals surface area contributed by atoms with Crippen molar-refractivity contribution in [2.75, 3.05) is 26.2 Å². The SMILES string of the molecule is NC[C@@H]1O[C@H](C2CCN(CCCC(c3ccc(F)cc3)c3ccc(F)cc3)CC2)Cc2c1ccc1c2OC2(CCCCC2)O1. The Morgan fingerprint density at radius 3 is 2.14 bits per heavy atom. The molecule has 7 heteroatoms. The number of fused-ring (bicyclic) bond motifs is 3. The maximum absolute atomic E-state index is 13.6. The lowest BCUT2D eigenvalue weighted by Crippen LogP contribution is -2.42. The normalized spacial score (nSPS) is 23.3. The molecule has 0 aromatic heterocycles. The molecule has 3 aromatic carbocycles. The molecule has 5 nitrogen and oxygen atoms in total. The monoisotopic (exact) mass is 602 g/mol. The molecule has 2 fully saturated rings. The number of hydrogen-bond donors (Lipinski definition) is 1. The molecule has 2 atom stereocenters. The van der Waals surface area contributed by atoms with Crippen molar-refractivity contribution < 1.29 is 23.0 Å². The summed E-state index contributed by atoms with van der Waals surface area (Å²) in [6, 6.07) is 17.7. The van der Waals surface area contributed by atoms with Gasteiger partial charge in [-0.1, -0.05) is 36.8 Å². The van der Waals surface area contributed by atoms with Crippen LogP contribution in [0.1, 0.15) is 92.1 Å². The first kappa shape index (κ1) is 29.7. The van der Waals surface area contributed by atoms with Crippen LogP contribution in [0.4, 0.5) is 8.78 Å². The lowest BCUT2D eigenvalue weighted by Gasteiger charge is -2.40. The number of benzene rings is 3. The third kappa shape index (κ3) is 6.11. The van der Waals surface area contributed by atoms with Gasteiger partial charge in [0, 0.05) is 37.3 Å². The van der Waals surface area contributed by atoms with Crippen molar-refractivity contribution >= 4 is 0 Å². The molecule has 44 heavy (non-hydrogen) atoms. The third-order valence-corrected chi connectivity index (χ3v) is 10.4. The van der Waals surface area contributed by atoms with Crippen molar-refractivity contribution in [1.29, 1.82) is 0 Å². The van der Waals surface area contributed by atoms with Crippen LogP contribution >= 0.6 is 0 Å². The predicted octanol–water partition coefficient (Wildman–Crippen LogP) is 7.66. The first-order valence-corrected chi connectivity index (χ1v) is 16.6. The summed E-state index contributed by atoms with van der Waals surface area (Å²) in [4.78, 5) is 2.56. The first-order chi connectivity index (χ1) is 21.5. The van der Waals surface area contributed by atoms with E-state index in [-0.39, 0.29) is 29.8 Å². The van der Waals surface area contributed by atoms with Crippen LogP contribution in [-0.2, 0) is 11.2 Å². The van der Waals surface area contributed by atoms with E-state index in [1.807, 2.05) is 24.3 Å². The van der Waals surface area contributed by atoms with Crippen LogP contribution in [0.5, 0.6) is 11.5 Å². The largest absolute Gasteiger partial charge is 0.448 e. The van der Waals surface area contributed by atoms with E-state index < -0.39 is 5.79 Å². The van der Waals surface area contributed by atoms with Crippen LogP contribution in [0.3, 0.4) is 0 Å². The average Bonchev–Trinajstić information content (AvgIpc) is 3.42. The fourth-order valence-corrected chi connectivity index (χ4v) is 8.01. The quantitative estimate of drug-likeness (QED) is 0.287. The summed E-state index contributed by atoms with van der Waals surface area (Å²) in [7, 11) is 0. The van der Waals surface area contributed by atoms with E-state index in [9.17, 15) is 8.78 Å². The minimum atomic E-state index is -0.487. The first-order valence-electron chi connectivity index (χ1n) is 16.6. The van der Waals surface area contributed by atoms with Gasteiger partial charge in [-0.15, -0.1) is 0 Å². The Morgan fingerprint density at radius 1 is 0.841 bits per heavy atom. The highest BCUT2D eigenvalue weighted by Gasteiger charge is 2.45. The number of halogens is 2. The number of hydrogen-bond acceptors (Lipinski definition) is 5. The van der Waals surface area contributed by atoms with Crippen molar-refractivity contribution in [3.05, 3.63) is 94.6 Å². The fraction of sp³-hybridized carbons (Fsp3) is 0.514. The average molecular weight is 603 g/mol. The number of likely N-dealkylation sites (tertiary alicyclic amines) is 1. The molecule has 0 amide bonds. The van der Waals surface area contributed by atoms with Crippen LogP contribution in [0, 0.1) is 17.6 Å². The Kier molecular flexibility index (Phi) is 8.62. The van der Waals surface area contributed by atoms with Gasteiger partial charge in [0.25, 0.3) is 5.79 Å². The lowest BCUT2D eigenvalue weighted by molar-refractivity contribution is -0.106. The molecule has 3 aliphatic heterocycles. The van der Waals surface area contributed by atoms with Crippen molar-refractivity contribution in [3.63, 3.8) is 0 Å². The van der Waals surface area contributed by atoms with Gasteiger partial charge < -0.3 is 24.8 Å². The maximum atomic E-state index is 13.6. The molecule has 1 spiro atoms. The second kappa shape index (κ2) is 12.8. The van der Waals surface area contributed by atoms with Crippen molar-refractivity contribution in [2.45, 2.75) is 88.1 Å². The van der Waals surface area contributed by atoms with Crippen molar-refractivity contribution in [2.24, 2.45) is 11.7 Å². The van der Waals surface area contributed by atoms with Crippen LogP contribution in [0.25, 0.3) is 0 Å². The van der Waals surface area contributed by atoms with Gasteiger partial charge in [-0.25, -0.2) is 8.78 Å². The molecule has 0 unspecified atom stereocenters. The Bertz CT molecular complexity index is 1370. The van der Waals surface area contributed by atoms with Crippen LogP contribution < -0.4 is 15.2 Å². The summed E-state index contributed by atoms with van der Waals surface area (Å²) in [5, 5.41) is 0. The highest BCUT2D eigenvalue weighted by atomic mass is 19.1. The molecule has 2 N–H and O–H groups in total. The molecule has 0 radical (unpaired) electrons. The highest BCUT2D eigenvalue weighted by molar-refractivity contribution is 5.55. The summed E-state index contributed by atoms with van der Waals surface area (Å²) < 4.78 is 47.0. The zero-order chi connectivity index (χ0) is 30.1. The Labute approximate surface area is 259 Å². The van der Waals surface area contributed by atoms with E-state index in [1.54, 1.807) is 0 Å². The van der Waals surface area contributed by atoms with Gasteiger partial charge >= 0.3 is 0 Å². The summed E-state index contributed by atoms with van der Waals surface area (Å²) in [5.74, 6) is 1.44. The smallest absolute Gasteiger partial charge is 0.251 e. The molecular weight excluding hydrogens is 558 g/mol. The molecule has 1 saturated heterocycles. The van der Waals surface area contributed by atoms with E-state index in [4.69, 9.17) is 19.9 Å². The molecule has 1 aliphatic carbocycles. The number of piperidine rings is 1. The molecule has 3 heterocycles. The van der Waals surface area contributed by atoms with E-state index in [0.717, 1.165) is 106 Å². The van der Waals surface area contributed by atoms with Crippen LogP contribution in [0.2, 0.25) is 0 Å². The Balaban J connectivity index is 0.968. The second-order valence-corrected chi connectivity index (χ2v) is 13.2. The molecule has 4 aliphatic rings. The maximum Gasteiger partial charge on any atom is 0.251 e. The van der Waals surface area contributed by atoms with Gasteiger partial charge in [-0.2, -0.15) is 0 Å². The highest BCUT2D eigenvalue weighted by Crippen LogP contribution is 2.51. The van der Waals surface area contributed by atoms with Gasteiger partial charge in [-0.3, -0.25) is 0 Å². The predicted molar refractivity (Wildman–Crippen MR) is 167 cm³/mol. The molecule has 0 bridgehead atoms. The van der Waals surface area contributed by atoms with E-state index in [1.165, 1.54) is 36.2 Å². The number of ether oxygens (including phenoxy) is 3. The summed E-state index contributed by atoms with van der Waals surface area (Å²) in [6.07, 6.45) is 10.4. The van der Waals surface area contributed by atoms with Gasteiger partial charge in [0.05, 0.1) is 12.2 Å². The Morgan fingerprint density at radius 2 is 1.50 bits per heavy atom. The summed E-state index contributed by atoms with van der Waals surface area (Å²) in [6.45, 7) is 3.54. The molecule has 7 rings (SSSR count). The van der Waals surface area contributed by atoms with Gasteiger partial charge in [0.1, 0.15) is 11.6 Å². The topological polar surface area (TPSA) is 57.0 Å². The van der Waals surface area contributed by atoms with Crippen molar-refractivity contribution in [3.8, 4) is 11.5 Å². The van der Waals surface area contributed by atoms with Crippen molar-refractivity contribution in [1.82, 2.24) is 4.90 Å². The second-order valence-electron chi connectivity index (χ2n) is 13.2. The zero-order valence-corrected chi connectivity index (χ0v) is 25.5. The molecule has 3 aromatic rings.